The lowest BCUT2D eigenvalue weighted by Crippen LogP contribution is -2.15. The van der Waals surface area contributed by atoms with Gasteiger partial charge in [0, 0.05) is 6.61 Å². The fourth-order valence-electron chi connectivity index (χ4n) is 1.11. The van der Waals surface area contributed by atoms with Crippen molar-refractivity contribution in [2.75, 3.05) is 13.2 Å². The first-order valence-corrected chi connectivity index (χ1v) is 5.54. The molecule has 2 nitrogen and oxygen atoms in total. The number of hydrogen-bond acceptors (Lipinski definition) is 3. The van der Waals surface area contributed by atoms with Crippen LogP contribution in [0.15, 0.2) is 16.8 Å². The normalized spacial score (nSPS) is 13.1. The average molecular weight is 200 g/mol. The predicted molar refractivity (Wildman–Crippen MR) is 55.1 cm³/mol. The van der Waals surface area contributed by atoms with Crippen LogP contribution in [-0.4, -0.2) is 24.4 Å². The van der Waals surface area contributed by atoms with Gasteiger partial charge >= 0.3 is 0 Å². The van der Waals surface area contributed by atoms with Gasteiger partial charge in [0.1, 0.15) is 0 Å². The van der Waals surface area contributed by atoms with Gasteiger partial charge in [-0.25, -0.2) is 0 Å². The minimum atomic E-state index is -0.320. The highest BCUT2D eigenvalue weighted by Gasteiger charge is 2.04. The lowest BCUT2D eigenvalue weighted by molar-refractivity contribution is 0.0384. The molecule has 74 valence electrons. The number of aryl methyl sites for hydroxylation is 1. The smallest absolute Gasteiger partial charge is 0.0776 e. The standard InChI is InChI=1S/C10H16O2S/c1-2-12-7-10(11)4-3-9-5-6-13-8-9/h5-6,8,10-11H,2-4,7H2,1H3. The van der Waals surface area contributed by atoms with Crippen molar-refractivity contribution in [3.8, 4) is 0 Å². The Bertz CT molecular complexity index is 209. The van der Waals surface area contributed by atoms with E-state index in [0.29, 0.717) is 13.2 Å². The summed E-state index contributed by atoms with van der Waals surface area (Å²) in [5.41, 5.74) is 1.31. The van der Waals surface area contributed by atoms with Crippen LogP contribution in [-0.2, 0) is 11.2 Å². The van der Waals surface area contributed by atoms with Gasteiger partial charge in [0.15, 0.2) is 0 Å². The van der Waals surface area contributed by atoms with Gasteiger partial charge in [-0.3, -0.25) is 0 Å². The summed E-state index contributed by atoms with van der Waals surface area (Å²) >= 11 is 1.70. The van der Waals surface area contributed by atoms with Gasteiger partial charge in [-0.1, -0.05) is 0 Å². The molecule has 0 saturated carbocycles. The van der Waals surface area contributed by atoms with Crippen LogP contribution in [0.4, 0.5) is 0 Å². The van der Waals surface area contributed by atoms with Crippen LogP contribution in [0.5, 0.6) is 0 Å². The Kier molecular flexibility index (Phi) is 5.05. The third kappa shape index (κ3) is 4.41. The minimum absolute atomic E-state index is 0.320. The monoisotopic (exact) mass is 200 g/mol. The molecule has 0 spiro atoms. The summed E-state index contributed by atoms with van der Waals surface area (Å²) in [6, 6.07) is 2.10. The highest BCUT2D eigenvalue weighted by Crippen LogP contribution is 2.09. The summed E-state index contributed by atoms with van der Waals surface area (Å²) in [6.45, 7) is 3.07. The molecule has 3 heteroatoms. The summed E-state index contributed by atoms with van der Waals surface area (Å²) in [7, 11) is 0. The molecule has 0 radical (unpaired) electrons. The highest BCUT2D eigenvalue weighted by molar-refractivity contribution is 7.07. The molecular formula is C10H16O2S. The quantitative estimate of drug-likeness (QED) is 0.762. The number of aliphatic hydroxyl groups excluding tert-OH is 1. The molecule has 1 aromatic rings. The fourth-order valence-corrected chi connectivity index (χ4v) is 1.81. The number of ether oxygens (including phenoxy) is 1. The Morgan fingerprint density at radius 1 is 1.62 bits per heavy atom. The summed E-state index contributed by atoms with van der Waals surface area (Å²) in [5, 5.41) is 13.6. The van der Waals surface area contributed by atoms with Gasteiger partial charge < -0.3 is 9.84 Å². The number of thiophene rings is 1. The Hall–Kier alpha value is -0.380. The fraction of sp³-hybridized carbons (Fsp3) is 0.600. The second-order valence-corrected chi connectivity index (χ2v) is 3.76. The van der Waals surface area contributed by atoms with Gasteiger partial charge in [0.25, 0.3) is 0 Å². The maximum atomic E-state index is 9.46. The van der Waals surface area contributed by atoms with Crippen molar-refractivity contribution in [1.82, 2.24) is 0 Å². The zero-order valence-corrected chi connectivity index (χ0v) is 8.72. The first-order chi connectivity index (χ1) is 6.33. The van der Waals surface area contributed by atoms with E-state index < -0.39 is 0 Å². The molecule has 0 amide bonds. The van der Waals surface area contributed by atoms with E-state index in [1.807, 2.05) is 6.92 Å². The van der Waals surface area contributed by atoms with Gasteiger partial charge in [-0.2, -0.15) is 11.3 Å². The first kappa shape index (κ1) is 10.7. The van der Waals surface area contributed by atoms with Crippen molar-refractivity contribution < 1.29 is 9.84 Å². The second kappa shape index (κ2) is 6.13. The number of aliphatic hydroxyl groups is 1. The van der Waals surface area contributed by atoms with Crippen LogP contribution >= 0.6 is 11.3 Å². The van der Waals surface area contributed by atoms with Gasteiger partial charge in [-0.05, 0) is 42.2 Å². The molecule has 1 atom stereocenters. The van der Waals surface area contributed by atoms with E-state index in [0.717, 1.165) is 12.8 Å². The van der Waals surface area contributed by atoms with E-state index in [1.54, 1.807) is 11.3 Å². The highest BCUT2D eigenvalue weighted by atomic mass is 32.1. The van der Waals surface area contributed by atoms with Crippen LogP contribution in [0, 0.1) is 0 Å². The zero-order valence-electron chi connectivity index (χ0n) is 7.90. The summed E-state index contributed by atoms with van der Waals surface area (Å²) in [6.07, 6.45) is 1.41. The van der Waals surface area contributed by atoms with Crippen molar-refractivity contribution in [3.63, 3.8) is 0 Å². The van der Waals surface area contributed by atoms with E-state index in [1.165, 1.54) is 5.56 Å². The molecule has 0 fully saturated rings. The molecule has 13 heavy (non-hydrogen) atoms. The lowest BCUT2D eigenvalue weighted by atomic mass is 10.1. The second-order valence-electron chi connectivity index (χ2n) is 2.98. The Morgan fingerprint density at radius 3 is 3.08 bits per heavy atom. The lowest BCUT2D eigenvalue weighted by Gasteiger charge is -2.08. The van der Waals surface area contributed by atoms with Gasteiger partial charge in [0.05, 0.1) is 12.7 Å². The van der Waals surface area contributed by atoms with Crippen molar-refractivity contribution in [2.24, 2.45) is 0 Å². The van der Waals surface area contributed by atoms with Gasteiger partial charge in [0.2, 0.25) is 0 Å². The molecule has 1 heterocycles. The van der Waals surface area contributed by atoms with Crippen molar-refractivity contribution in [2.45, 2.75) is 25.9 Å². The molecule has 1 aromatic heterocycles. The zero-order chi connectivity index (χ0) is 9.52. The molecule has 1 N–H and O–H groups in total. The molecule has 0 aromatic carbocycles. The largest absolute Gasteiger partial charge is 0.391 e. The molecule has 0 aliphatic rings. The van der Waals surface area contributed by atoms with Crippen molar-refractivity contribution in [3.05, 3.63) is 22.4 Å². The van der Waals surface area contributed by atoms with E-state index in [4.69, 9.17) is 4.74 Å². The molecule has 0 aliphatic carbocycles. The van der Waals surface area contributed by atoms with E-state index >= 15 is 0 Å². The molecule has 1 rings (SSSR count). The summed E-state index contributed by atoms with van der Waals surface area (Å²) in [4.78, 5) is 0. The maximum Gasteiger partial charge on any atom is 0.0776 e. The predicted octanol–water partition coefficient (Wildman–Crippen LogP) is 2.08. The molecule has 0 bridgehead atoms. The molecule has 0 aliphatic heterocycles. The maximum absolute atomic E-state index is 9.46. The Labute approximate surface area is 83.2 Å². The van der Waals surface area contributed by atoms with Crippen LogP contribution in [0.2, 0.25) is 0 Å². The van der Waals surface area contributed by atoms with Crippen LogP contribution in [0.25, 0.3) is 0 Å². The van der Waals surface area contributed by atoms with Crippen molar-refractivity contribution in [1.29, 1.82) is 0 Å². The van der Waals surface area contributed by atoms with Gasteiger partial charge in [-0.15, -0.1) is 0 Å². The molecule has 1 unspecified atom stereocenters. The molecular weight excluding hydrogens is 184 g/mol. The third-order valence-electron chi connectivity index (χ3n) is 1.86. The van der Waals surface area contributed by atoms with E-state index in [2.05, 4.69) is 16.8 Å². The van der Waals surface area contributed by atoms with Crippen LogP contribution in [0.3, 0.4) is 0 Å². The Morgan fingerprint density at radius 2 is 2.46 bits per heavy atom. The molecule has 0 saturated heterocycles. The Balaban J connectivity index is 2.11. The van der Waals surface area contributed by atoms with E-state index in [9.17, 15) is 5.11 Å². The number of rotatable bonds is 6. The van der Waals surface area contributed by atoms with Crippen molar-refractivity contribution >= 4 is 11.3 Å². The minimum Gasteiger partial charge on any atom is -0.391 e. The SMILES string of the molecule is CCOCC(O)CCc1ccsc1. The van der Waals surface area contributed by atoms with Crippen LogP contribution in [0.1, 0.15) is 18.9 Å². The summed E-state index contributed by atoms with van der Waals surface area (Å²) < 4.78 is 5.12. The first-order valence-electron chi connectivity index (χ1n) is 4.59. The van der Waals surface area contributed by atoms with Crippen LogP contribution < -0.4 is 0 Å². The van der Waals surface area contributed by atoms with E-state index in [-0.39, 0.29) is 6.10 Å². The topological polar surface area (TPSA) is 29.5 Å². The summed E-state index contributed by atoms with van der Waals surface area (Å²) in [5.74, 6) is 0. The third-order valence-corrected chi connectivity index (χ3v) is 2.59. The number of hydrogen-bond donors (Lipinski definition) is 1. The average Bonchev–Trinajstić information content (AvgIpc) is 2.64.